The Labute approximate surface area is 128 Å². The molecular weight excluding hydrogens is 297 g/mol. The zero-order valence-corrected chi connectivity index (χ0v) is 13.2. The van der Waals surface area contributed by atoms with Crippen LogP contribution < -0.4 is 0 Å². The molecule has 0 radical (unpaired) electrons. The lowest BCUT2D eigenvalue weighted by Gasteiger charge is -2.48. The van der Waals surface area contributed by atoms with E-state index >= 15 is 0 Å². The van der Waals surface area contributed by atoms with Gasteiger partial charge in [-0.1, -0.05) is 31.6 Å². The molecule has 22 heavy (non-hydrogen) atoms. The number of allylic oxidation sites excluding steroid dienone is 2. The van der Waals surface area contributed by atoms with Gasteiger partial charge in [-0.3, -0.25) is 0 Å². The number of hydrogen-bond acceptors (Lipinski definition) is 3. The molecule has 0 saturated carbocycles. The summed E-state index contributed by atoms with van der Waals surface area (Å²) in [6.45, 7) is 5.90. The van der Waals surface area contributed by atoms with Crippen molar-refractivity contribution < 1.29 is 28.5 Å². The minimum absolute atomic E-state index is 0.195. The van der Waals surface area contributed by atoms with Gasteiger partial charge in [-0.25, -0.2) is 0 Å². The van der Waals surface area contributed by atoms with Crippen molar-refractivity contribution in [3.8, 4) is 0 Å². The number of halogens is 3. The van der Waals surface area contributed by atoms with Crippen molar-refractivity contribution in [3.63, 3.8) is 0 Å². The molecule has 6 heteroatoms. The Morgan fingerprint density at radius 2 is 1.91 bits per heavy atom. The van der Waals surface area contributed by atoms with Gasteiger partial charge in [0.15, 0.2) is 0 Å². The van der Waals surface area contributed by atoms with Crippen LogP contribution in [0.4, 0.5) is 13.2 Å². The average molecular weight is 320 g/mol. The molecule has 0 aromatic heterocycles. The van der Waals surface area contributed by atoms with Crippen molar-refractivity contribution in [2.24, 2.45) is 5.41 Å². The number of aliphatic hydroxyl groups excluding tert-OH is 2. The highest BCUT2D eigenvalue weighted by Gasteiger charge is 2.54. The summed E-state index contributed by atoms with van der Waals surface area (Å²) in [6.07, 6.45) is -2.29. The molecule has 0 aliphatic heterocycles. The molecule has 3 nitrogen and oxygen atoms in total. The summed E-state index contributed by atoms with van der Waals surface area (Å²) >= 11 is 0. The maximum absolute atomic E-state index is 13.2. The predicted molar refractivity (Wildman–Crippen MR) is 78.1 cm³/mol. The van der Waals surface area contributed by atoms with Crippen LogP contribution >= 0.6 is 0 Å². The van der Waals surface area contributed by atoms with Gasteiger partial charge in [0, 0.05) is 5.41 Å². The third-order valence-corrected chi connectivity index (χ3v) is 4.35. The van der Waals surface area contributed by atoms with Gasteiger partial charge >= 0.3 is 6.18 Å². The molecule has 3 N–H and O–H groups in total. The quantitative estimate of drug-likeness (QED) is 0.553. The molecule has 0 heterocycles. The first-order valence-corrected chi connectivity index (χ1v) is 7.02. The minimum atomic E-state index is -4.70. The first-order chi connectivity index (χ1) is 9.87. The van der Waals surface area contributed by atoms with Crippen LogP contribution in [0.1, 0.15) is 34.1 Å². The smallest absolute Gasteiger partial charge is 0.392 e. The maximum atomic E-state index is 13.2. The molecule has 1 aliphatic carbocycles. The van der Waals surface area contributed by atoms with Crippen LogP contribution in [-0.4, -0.2) is 39.8 Å². The van der Waals surface area contributed by atoms with Gasteiger partial charge in [0.25, 0.3) is 0 Å². The molecule has 0 aromatic carbocycles. The Morgan fingerprint density at radius 3 is 2.36 bits per heavy atom. The molecule has 0 aromatic rings. The van der Waals surface area contributed by atoms with E-state index in [-0.39, 0.29) is 18.6 Å². The lowest BCUT2D eigenvalue weighted by atomic mass is 9.62. The summed E-state index contributed by atoms with van der Waals surface area (Å²) in [5, 5.41) is 29.5. The lowest BCUT2D eigenvalue weighted by molar-refractivity contribution is -0.125. The lowest BCUT2D eigenvalue weighted by Crippen LogP contribution is -2.52. The van der Waals surface area contributed by atoms with Crippen molar-refractivity contribution in [2.45, 2.75) is 52.0 Å². The van der Waals surface area contributed by atoms with Crippen LogP contribution in [0.3, 0.4) is 0 Å². The summed E-state index contributed by atoms with van der Waals surface area (Å²) in [7, 11) is 0. The Balaban J connectivity index is 3.46. The van der Waals surface area contributed by atoms with Crippen molar-refractivity contribution in [2.75, 3.05) is 6.61 Å². The largest absolute Gasteiger partial charge is 0.415 e. The molecule has 126 valence electrons. The van der Waals surface area contributed by atoms with Crippen LogP contribution in [0, 0.1) is 5.41 Å². The minimum Gasteiger partial charge on any atom is -0.392 e. The molecule has 2 atom stereocenters. The number of aliphatic hydroxyl groups is 3. The summed E-state index contributed by atoms with van der Waals surface area (Å²) < 4.78 is 39.5. The Kier molecular flexibility index (Phi) is 5.32. The highest BCUT2D eigenvalue weighted by Crippen LogP contribution is 2.51. The van der Waals surface area contributed by atoms with Crippen LogP contribution in [-0.2, 0) is 0 Å². The van der Waals surface area contributed by atoms with E-state index in [0.717, 1.165) is 0 Å². The van der Waals surface area contributed by atoms with E-state index in [1.165, 1.54) is 25.2 Å². The molecule has 0 amide bonds. The average Bonchev–Trinajstić information content (AvgIpc) is 2.32. The Morgan fingerprint density at radius 1 is 1.36 bits per heavy atom. The van der Waals surface area contributed by atoms with E-state index in [1.807, 2.05) is 0 Å². The highest BCUT2D eigenvalue weighted by molar-refractivity contribution is 5.40. The molecule has 0 spiro atoms. The summed E-state index contributed by atoms with van der Waals surface area (Å²) in [6, 6.07) is 0. The van der Waals surface area contributed by atoms with E-state index < -0.39 is 28.9 Å². The summed E-state index contributed by atoms with van der Waals surface area (Å²) in [5.41, 5.74) is -3.55. The van der Waals surface area contributed by atoms with Crippen molar-refractivity contribution >= 4 is 0 Å². The van der Waals surface area contributed by atoms with Gasteiger partial charge in [0.05, 0.1) is 18.3 Å². The summed E-state index contributed by atoms with van der Waals surface area (Å²) in [5.74, 6) is 0. The Bertz CT molecular complexity index is 515. The fourth-order valence-corrected chi connectivity index (χ4v) is 2.92. The van der Waals surface area contributed by atoms with E-state index in [9.17, 15) is 23.4 Å². The van der Waals surface area contributed by atoms with Gasteiger partial charge < -0.3 is 15.3 Å². The van der Waals surface area contributed by atoms with E-state index in [2.05, 4.69) is 0 Å². The topological polar surface area (TPSA) is 60.7 Å². The standard InChI is InChI=1S/C16H23F3O3/c1-10(6-8-20)5-7-15(22)11(2)13(16(17,18)19)12(21)9-14(15,3)4/h5-7,12,20-22H,8-9H2,1-4H3. The highest BCUT2D eigenvalue weighted by atomic mass is 19.4. The second-order valence-electron chi connectivity index (χ2n) is 6.37. The van der Waals surface area contributed by atoms with Crippen LogP contribution in [0.25, 0.3) is 0 Å². The Hall–Kier alpha value is -1.11. The molecule has 0 fully saturated rings. The van der Waals surface area contributed by atoms with Crippen LogP contribution in [0.2, 0.25) is 0 Å². The number of rotatable bonds is 3. The van der Waals surface area contributed by atoms with Gasteiger partial charge in [0.2, 0.25) is 0 Å². The summed E-state index contributed by atoms with van der Waals surface area (Å²) in [4.78, 5) is 0. The first kappa shape index (κ1) is 18.9. The van der Waals surface area contributed by atoms with Crippen molar-refractivity contribution in [1.29, 1.82) is 0 Å². The van der Waals surface area contributed by atoms with Gasteiger partial charge in [-0.2, -0.15) is 13.2 Å². The molecule has 2 unspecified atom stereocenters. The fourth-order valence-electron chi connectivity index (χ4n) is 2.92. The van der Waals surface area contributed by atoms with Crippen molar-refractivity contribution in [1.82, 2.24) is 0 Å². The van der Waals surface area contributed by atoms with Crippen LogP contribution in [0.5, 0.6) is 0 Å². The first-order valence-electron chi connectivity index (χ1n) is 7.02. The predicted octanol–water partition coefficient (Wildman–Crippen LogP) is 2.88. The molecule has 0 saturated heterocycles. The molecule has 0 bridgehead atoms. The molecule has 1 rings (SSSR count). The second kappa shape index (κ2) is 6.18. The third-order valence-electron chi connectivity index (χ3n) is 4.35. The van der Waals surface area contributed by atoms with Gasteiger partial charge in [0.1, 0.15) is 5.60 Å². The maximum Gasteiger partial charge on any atom is 0.415 e. The van der Waals surface area contributed by atoms with Crippen molar-refractivity contribution in [3.05, 3.63) is 34.9 Å². The van der Waals surface area contributed by atoms with E-state index in [1.54, 1.807) is 20.8 Å². The zero-order chi connectivity index (χ0) is 17.3. The monoisotopic (exact) mass is 320 g/mol. The van der Waals surface area contributed by atoms with E-state index in [0.29, 0.717) is 5.57 Å². The van der Waals surface area contributed by atoms with Crippen LogP contribution in [0.15, 0.2) is 34.9 Å². The molecular formula is C16H23F3O3. The van der Waals surface area contributed by atoms with Gasteiger partial charge in [-0.05, 0) is 31.9 Å². The SMILES string of the molecule is CC(C=CC1(O)C(C)=C(C(F)(F)F)C(O)CC1(C)C)=CCO. The van der Waals surface area contributed by atoms with E-state index in [4.69, 9.17) is 5.11 Å². The number of alkyl halides is 3. The number of hydrogen-bond donors (Lipinski definition) is 3. The fraction of sp³-hybridized carbons (Fsp3) is 0.625. The third kappa shape index (κ3) is 3.45. The second-order valence-corrected chi connectivity index (χ2v) is 6.37. The van der Waals surface area contributed by atoms with Gasteiger partial charge in [-0.15, -0.1) is 0 Å². The zero-order valence-electron chi connectivity index (χ0n) is 13.2. The normalized spacial score (nSPS) is 30.3. The molecule has 1 aliphatic rings.